The molecule has 1 saturated heterocycles. The zero-order valence-corrected chi connectivity index (χ0v) is 18.5. The van der Waals surface area contributed by atoms with E-state index in [1.54, 1.807) is 0 Å². The minimum absolute atomic E-state index is 0.122. The van der Waals surface area contributed by atoms with E-state index < -0.39 is 0 Å². The Bertz CT molecular complexity index is 962. The van der Waals surface area contributed by atoms with Crippen molar-refractivity contribution in [2.75, 3.05) is 26.2 Å². The monoisotopic (exact) mass is 419 g/mol. The van der Waals surface area contributed by atoms with Gasteiger partial charge in [0.1, 0.15) is 5.82 Å². The van der Waals surface area contributed by atoms with Crippen LogP contribution >= 0.6 is 0 Å². The Morgan fingerprint density at radius 1 is 1.16 bits per heavy atom. The molecule has 0 spiro atoms. The van der Waals surface area contributed by atoms with Gasteiger partial charge in [-0.25, -0.2) is 4.98 Å². The first-order valence-corrected chi connectivity index (χ1v) is 11.4. The number of aromatic amines is 1. The molecule has 2 atom stereocenters. The van der Waals surface area contributed by atoms with Crippen molar-refractivity contribution in [2.24, 2.45) is 10.9 Å². The molecule has 3 N–H and O–H groups in total. The van der Waals surface area contributed by atoms with Gasteiger partial charge in [0.25, 0.3) is 0 Å². The molecular weight excluding hydrogens is 386 g/mol. The molecule has 2 heterocycles. The van der Waals surface area contributed by atoms with Crippen LogP contribution in [0.25, 0.3) is 11.0 Å². The van der Waals surface area contributed by atoms with E-state index in [2.05, 4.69) is 64.8 Å². The average molecular weight is 420 g/mol. The number of para-hydroxylation sites is 2. The highest BCUT2D eigenvalue weighted by molar-refractivity contribution is 5.79. The van der Waals surface area contributed by atoms with Crippen molar-refractivity contribution in [3.63, 3.8) is 0 Å². The predicted octanol–water partition coefficient (Wildman–Crippen LogP) is 4.14. The van der Waals surface area contributed by atoms with Crippen LogP contribution in [0.15, 0.2) is 53.5 Å². The van der Waals surface area contributed by atoms with Gasteiger partial charge in [-0.3, -0.25) is 4.99 Å². The van der Waals surface area contributed by atoms with Gasteiger partial charge in [0, 0.05) is 38.6 Å². The van der Waals surface area contributed by atoms with Crippen LogP contribution in [-0.2, 0) is 11.2 Å². The molecule has 0 radical (unpaired) electrons. The number of aromatic nitrogens is 2. The number of rotatable bonds is 7. The lowest BCUT2D eigenvalue weighted by Crippen LogP contribution is -2.39. The van der Waals surface area contributed by atoms with Crippen molar-refractivity contribution in [1.82, 2.24) is 20.6 Å². The third kappa shape index (κ3) is 5.64. The maximum absolute atomic E-state index is 6.15. The molecule has 2 aromatic carbocycles. The van der Waals surface area contributed by atoms with Crippen LogP contribution in [0.1, 0.15) is 42.8 Å². The van der Waals surface area contributed by atoms with E-state index in [9.17, 15) is 0 Å². The third-order valence-corrected chi connectivity index (χ3v) is 5.77. The van der Waals surface area contributed by atoms with E-state index in [0.717, 1.165) is 68.3 Å². The second-order valence-electron chi connectivity index (χ2n) is 8.20. The summed E-state index contributed by atoms with van der Waals surface area (Å²) in [4.78, 5) is 12.9. The van der Waals surface area contributed by atoms with Gasteiger partial charge in [-0.1, -0.05) is 42.0 Å². The molecule has 0 amide bonds. The number of nitrogens with one attached hydrogen (secondary N) is 3. The molecule has 31 heavy (non-hydrogen) atoms. The van der Waals surface area contributed by atoms with E-state index in [1.165, 1.54) is 11.1 Å². The lowest BCUT2D eigenvalue weighted by Gasteiger charge is -2.31. The summed E-state index contributed by atoms with van der Waals surface area (Å²) in [6.07, 6.45) is 3.17. The average Bonchev–Trinajstić information content (AvgIpc) is 3.21. The standard InChI is InChI=1S/C25H33N5O/c1-3-26-25(27-15-14-23-29-21-8-4-5-9-22(21)30-23)28-17-20-7-6-16-31-24(20)19-12-10-18(2)11-13-19/h4-5,8-13,20,24H,3,6-7,14-17H2,1-2H3,(H,29,30)(H2,26,27,28). The van der Waals surface area contributed by atoms with Gasteiger partial charge in [0.15, 0.2) is 5.96 Å². The zero-order chi connectivity index (χ0) is 21.5. The number of benzene rings is 2. The van der Waals surface area contributed by atoms with E-state index in [1.807, 2.05) is 18.2 Å². The first-order valence-electron chi connectivity index (χ1n) is 11.4. The molecule has 2 unspecified atom stereocenters. The Balaban J connectivity index is 1.36. The van der Waals surface area contributed by atoms with Crippen molar-refractivity contribution in [3.8, 4) is 0 Å². The fourth-order valence-corrected chi connectivity index (χ4v) is 4.13. The predicted molar refractivity (Wildman–Crippen MR) is 126 cm³/mol. The Hall–Kier alpha value is -2.86. The van der Waals surface area contributed by atoms with Crippen LogP contribution in [0.2, 0.25) is 0 Å². The fraction of sp³-hybridized carbons (Fsp3) is 0.440. The molecule has 0 aliphatic carbocycles. The Morgan fingerprint density at radius 2 is 2.00 bits per heavy atom. The highest BCUT2D eigenvalue weighted by Crippen LogP contribution is 2.33. The topological polar surface area (TPSA) is 74.3 Å². The molecule has 6 heteroatoms. The zero-order valence-electron chi connectivity index (χ0n) is 18.5. The number of ether oxygens (including phenoxy) is 1. The molecule has 1 fully saturated rings. The molecule has 1 aliphatic heterocycles. The van der Waals surface area contributed by atoms with E-state index >= 15 is 0 Å². The Morgan fingerprint density at radius 3 is 2.81 bits per heavy atom. The van der Waals surface area contributed by atoms with Crippen molar-refractivity contribution in [2.45, 2.75) is 39.2 Å². The van der Waals surface area contributed by atoms with Gasteiger partial charge in [-0.2, -0.15) is 0 Å². The normalized spacial score (nSPS) is 19.5. The molecular formula is C25H33N5O. The third-order valence-electron chi connectivity index (χ3n) is 5.77. The minimum atomic E-state index is 0.122. The SMILES string of the molecule is CCNC(=NCC1CCCOC1c1ccc(C)cc1)NCCc1nc2ccccc2[nH]1. The van der Waals surface area contributed by atoms with Gasteiger partial charge >= 0.3 is 0 Å². The Labute approximate surface area is 184 Å². The van der Waals surface area contributed by atoms with Crippen LogP contribution in [0.4, 0.5) is 0 Å². The fourth-order valence-electron chi connectivity index (χ4n) is 4.13. The van der Waals surface area contributed by atoms with Crippen LogP contribution in [0.3, 0.4) is 0 Å². The van der Waals surface area contributed by atoms with Gasteiger partial charge in [0.2, 0.25) is 0 Å². The van der Waals surface area contributed by atoms with Crippen molar-refractivity contribution in [1.29, 1.82) is 0 Å². The minimum Gasteiger partial charge on any atom is -0.373 e. The molecule has 6 nitrogen and oxygen atoms in total. The summed E-state index contributed by atoms with van der Waals surface area (Å²) in [7, 11) is 0. The van der Waals surface area contributed by atoms with Gasteiger partial charge in [0.05, 0.1) is 17.1 Å². The summed E-state index contributed by atoms with van der Waals surface area (Å²) >= 11 is 0. The first kappa shape index (κ1) is 21.4. The lowest BCUT2D eigenvalue weighted by molar-refractivity contribution is -0.0250. The van der Waals surface area contributed by atoms with Crippen LogP contribution in [0, 0.1) is 12.8 Å². The molecule has 4 rings (SSSR count). The molecule has 1 aliphatic rings. The summed E-state index contributed by atoms with van der Waals surface area (Å²) in [5, 5.41) is 6.82. The summed E-state index contributed by atoms with van der Waals surface area (Å²) < 4.78 is 6.15. The highest BCUT2D eigenvalue weighted by Gasteiger charge is 2.27. The number of H-pyrrole nitrogens is 1. The molecule has 0 bridgehead atoms. The Kier molecular flexibility index (Phi) is 7.20. The molecule has 0 saturated carbocycles. The van der Waals surface area contributed by atoms with Crippen molar-refractivity contribution < 1.29 is 4.74 Å². The van der Waals surface area contributed by atoms with Crippen LogP contribution in [0.5, 0.6) is 0 Å². The summed E-state index contributed by atoms with van der Waals surface area (Å²) in [5.41, 5.74) is 4.63. The number of fused-ring (bicyclic) bond motifs is 1. The van der Waals surface area contributed by atoms with Gasteiger partial charge in [-0.15, -0.1) is 0 Å². The van der Waals surface area contributed by atoms with Crippen LogP contribution < -0.4 is 10.6 Å². The van der Waals surface area contributed by atoms with E-state index in [-0.39, 0.29) is 6.10 Å². The quantitative estimate of drug-likeness (QED) is 0.398. The molecule has 3 aromatic rings. The smallest absolute Gasteiger partial charge is 0.191 e. The number of aryl methyl sites for hydroxylation is 1. The number of hydrogen-bond donors (Lipinski definition) is 3. The lowest BCUT2D eigenvalue weighted by atomic mass is 9.89. The van der Waals surface area contributed by atoms with E-state index in [4.69, 9.17) is 9.73 Å². The van der Waals surface area contributed by atoms with Crippen molar-refractivity contribution >= 4 is 17.0 Å². The van der Waals surface area contributed by atoms with E-state index in [0.29, 0.717) is 5.92 Å². The second kappa shape index (κ2) is 10.4. The number of nitrogens with zero attached hydrogens (tertiary/aromatic N) is 2. The number of hydrogen-bond acceptors (Lipinski definition) is 3. The maximum atomic E-state index is 6.15. The largest absolute Gasteiger partial charge is 0.373 e. The van der Waals surface area contributed by atoms with Gasteiger partial charge in [-0.05, 0) is 44.4 Å². The number of aliphatic imine (C=N–C) groups is 1. The summed E-state index contributed by atoms with van der Waals surface area (Å²) in [6.45, 7) is 7.39. The van der Waals surface area contributed by atoms with Crippen LogP contribution in [-0.4, -0.2) is 42.2 Å². The van der Waals surface area contributed by atoms with Crippen molar-refractivity contribution in [3.05, 3.63) is 65.5 Å². The maximum Gasteiger partial charge on any atom is 0.191 e. The molecule has 164 valence electrons. The van der Waals surface area contributed by atoms with Gasteiger partial charge < -0.3 is 20.4 Å². The second-order valence-corrected chi connectivity index (χ2v) is 8.20. The summed E-state index contributed by atoms with van der Waals surface area (Å²) in [6, 6.07) is 16.8. The summed E-state index contributed by atoms with van der Waals surface area (Å²) in [5.74, 6) is 2.23. The highest BCUT2D eigenvalue weighted by atomic mass is 16.5. The first-order chi connectivity index (χ1) is 15.2. The molecule has 1 aromatic heterocycles. The number of guanidine groups is 1. The number of imidazole rings is 1.